The highest BCUT2D eigenvalue weighted by Crippen LogP contribution is 2.26. The lowest BCUT2D eigenvalue weighted by atomic mass is 10.0. The Bertz CT molecular complexity index is 941. The third kappa shape index (κ3) is 3.39. The summed E-state index contributed by atoms with van der Waals surface area (Å²) in [6.45, 7) is 5.83. The van der Waals surface area contributed by atoms with E-state index in [9.17, 15) is 14.9 Å². The molecule has 0 radical (unpaired) electrons. The molecule has 0 N–H and O–H groups in total. The van der Waals surface area contributed by atoms with Gasteiger partial charge in [0, 0.05) is 17.2 Å². The lowest BCUT2D eigenvalue weighted by molar-refractivity contribution is -0.385. The maximum absolute atomic E-state index is 12.1. The minimum Gasteiger partial charge on any atom is -0.402 e. The molecule has 0 aliphatic carbocycles. The van der Waals surface area contributed by atoms with E-state index in [4.69, 9.17) is 4.74 Å². The van der Waals surface area contributed by atoms with E-state index in [0.29, 0.717) is 17.0 Å². The van der Waals surface area contributed by atoms with Crippen molar-refractivity contribution in [3.05, 3.63) is 80.5 Å². The standard InChI is InChI=1S/C20H18N2O4/c1-12(2)15-9-7-14(8-10-15)11-17-20(23)26-19(21-17)16-5-4-6-18(13(16)3)22(24)25/h4-12H,1-3H3/b17-11+. The summed E-state index contributed by atoms with van der Waals surface area (Å²) >= 11 is 0. The second-order valence-electron chi connectivity index (χ2n) is 6.36. The number of aliphatic imine (C=N–C) groups is 1. The fraction of sp³-hybridized carbons (Fsp3) is 0.200. The van der Waals surface area contributed by atoms with Crippen LogP contribution in [0.5, 0.6) is 0 Å². The molecule has 0 unspecified atom stereocenters. The average Bonchev–Trinajstić information content (AvgIpc) is 2.95. The van der Waals surface area contributed by atoms with Crippen LogP contribution in [0.15, 0.2) is 53.2 Å². The molecular weight excluding hydrogens is 332 g/mol. The summed E-state index contributed by atoms with van der Waals surface area (Å²) in [5.74, 6) is -0.0605. The van der Waals surface area contributed by atoms with Gasteiger partial charge in [0.25, 0.3) is 5.69 Å². The molecule has 1 aliphatic rings. The summed E-state index contributed by atoms with van der Waals surface area (Å²) in [5, 5.41) is 11.1. The van der Waals surface area contributed by atoms with Crippen molar-refractivity contribution in [3.63, 3.8) is 0 Å². The van der Waals surface area contributed by atoms with Gasteiger partial charge in [0.05, 0.1) is 4.92 Å². The quantitative estimate of drug-likeness (QED) is 0.355. The number of hydrogen-bond acceptors (Lipinski definition) is 5. The first-order valence-corrected chi connectivity index (χ1v) is 8.23. The summed E-state index contributed by atoms with van der Waals surface area (Å²) in [6.07, 6.45) is 1.64. The van der Waals surface area contributed by atoms with E-state index < -0.39 is 10.9 Å². The van der Waals surface area contributed by atoms with Gasteiger partial charge in [-0.05, 0) is 36.1 Å². The van der Waals surface area contributed by atoms with Gasteiger partial charge >= 0.3 is 5.97 Å². The van der Waals surface area contributed by atoms with Crippen molar-refractivity contribution >= 4 is 23.6 Å². The molecule has 0 aromatic heterocycles. The van der Waals surface area contributed by atoms with Crippen molar-refractivity contribution in [2.45, 2.75) is 26.7 Å². The van der Waals surface area contributed by atoms with Crippen LogP contribution in [-0.2, 0) is 9.53 Å². The Morgan fingerprint density at radius 2 is 1.85 bits per heavy atom. The Balaban J connectivity index is 1.94. The molecule has 1 aliphatic heterocycles. The number of ether oxygens (including phenoxy) is 1. The third-order valence-electron chi connectivity index (χ3n) is 4.26. The first kappa shape index (κ1) is 17.5. The smallest absolute Gasteiger partial charge is 0.363 e. The van der Waals surface area contributed by atoms with Gasteiger partial charge in [0.1, 0.15) is 0 Å². The lowest BCUT2D eigenvalue weighted by Crippen LogP contribution is -2.08. The Morgan fingerprint density at radius 1 is 1.15 bits per heavy atom. The zero-order valence-electron chi connectivity index (χ0n) is 14.7. The number of nitro benzene ring substituents is 1. The summed E-state index contributed by atoms with van der Waals surface area (Å²) in [5.41, 5.74) is 3.02. The molecule has 0 saturated carbocycles. The summed E-state index contributed by atoms with van der Waals surface area (Å²) in [7, 11) is 0. The molecule has 132 valence electrons. The number of benzene rings is 2. The zero-order valence-corrected chi connectivity index (χ0v) is 14.7. The molecule has 2 aromatic rings. The lowest BCUT2D eigenvalue weighted by Gasteiger charge is -2.04. The second-order valence-corrected chi connectivity index (χ2v) is 6.36. The van der Waals surface area contributed by atoms with Crippen LogP contribution in [0.4, 0.5) is 5.69 Å². The number of rotatable bonds is 4. The normalized spacial score (nSPS) is 15.3. The second kappa shape index (κ2) is 6.92. The summed E-state index contributed by atoms with van der Waals surface area (Å²) < 4.78 is 5.23. The van der Waals surface area contributed by atoms with E-state index in [1.165, 1.54) is 11.6 Å². The summed E-state index contributed by atoms with van der Waals surface area (Å²) in [6, 6.07) is 12.4. The van der Waals surface area contributed by atoms with E-state index in [1.54, 1.807) is 25.1 Å². The molecule has 26 heavy (non-hydrogen) atoms. The van der Waals surface area contributed by atoms with Gasteiger partial charge in [0.15, 0.2) is 5.70 Å². The molecule has 6 nitrogen and oxygen atoms in total. The van der Waals surface area contributed by atoms with Crippen molar-refractivity contribution in [3.8, 4) is 0 Å². The highest BCUT2D eigenvalue weighted by Gasteiger charge is 2.27. The Labute approximate surface area is 151 Å². The number of esters is 1. The predicted molar refractivity (Wildman–Crippen MR) is 99.0 cm³/mol. The Hall–Kier alpha value is -3.28. The molecule has 1 heterocycles. The van der Waals surface area contributed by atoms with Gasteiger partial charge in [-0.15, -0.1) is 0 Å². The average molecular weight is 350 g/mol. The molecule has 0 amide bonds. The molecule has 2 aromatic carbocycles. The SMILES string of the molecule is Cc1c(C2=N/C(=C/c3ccc(C(C)C)cc3)C(=O)O2)cccc1[N+](=O)[O-]. The fourth-order valence-electron chi connectivity index (χ4n) is 2.71. The van der Waals surface area contributed by atoms with Crippen LogP contribution in [0, 0.1) is 17.0 Å². The van der Waals surface area contributed by atoms with Gasteiger partial charge in [0.2, 0.25) is 5.90 Å². The van der Waals surface area contributed by atoms with Crippen molar-refractivity contribution < 1.29 is 14.5 Å². The van der Waals surface area contributed by atoms with Gasteiger partial charge in [-0.1, -0.05) is 44.2 Å². The molecule has 6 heteroatoms. The van der Waals surface area contributed by atoms with Crippen molar-refractivity contribution in [1.82, 2.24) is 0 Å². The van der Waals surface area contributed by atoms with Crippen LogP contribution < -0.4 is 0 Å². The van der Waals surface area contributed by atoms with Gasteiger partial charge in [-0.25, -0.2) is 9.79 Å². The monoisotopic (exact) mass is 350 g/mol. The molecule has 0 atom stereocenters. The predicted octanol–water partition coefficient (Wildman–Crippen LogP) is 4.37. The van der Waals surface area contributed by atoms with E-state index in [-0.39, 0.29) is 17.3 Å². The van der Waals surface area contributed by atoms with Crippen LogP contribution in [-0.4, -0.2) is 16.8 Å². The van der Waals surface area contributed by atoms with Crippen LogP contribution in [0.25, 0.3) is 6.08 Å². The van der Waals surface area contributed by atoms with Crippen LogP contribution in [0.3, 0.4) is 0 Å². The van der Waals surface area contributed by atoms with Gasteiger partial charge in [-0.2, -0.15) is 0 Å². The Morgan fingerprint density at radius 3 is 2.46 bits per heavy atom. The molecule has 0 spiro atoms. The Kier molecular flexibility index (Phi) is 4.67. The maximum Gasteiger partial charge on any atom is 0.363 e. The van der Waals surface area contributed by atoms with Crippen LogP contribution >= 0.6 is 0 Å². The van der Waals surface area contributed by atoms with E-state index in [2.05, 4.69) is 18.8 Å². The number of nitro groups is 1. The number of cyclic esters (lactones) is 1. The van der Waals surface area contributed by atoms with Crippen LogP contribution in [0.1, 0.15) is 42.0 Å². The molecular formula is C20H18N2O4. The van der Waals surface area contributed by atoms with Gasteiger partial charge < -0.3 is 4.74 Å². The summed E-state index contributed by atoms with van der Waals surface area (Å²) in [4.78, 5) is 27.0. The topological polar surface area (TPSA) is 81.8 Å². The number of carbonyl (C=O) groups excluding carboxylic acids is 1. The van der Waals surface area contributed by atoms with Gasteiger partial charge in [-0.3, -0.25) is 10.1 Å². The number of carbonyl (C=O) groups is 1. The van der Waals surface area contributed by atoms with Crippen molar-refractivity contribution in [2.75, 3.05) is 0 Å². The van der Waals surface area contributed by atoms with E-state index >= 15 is 0 Å². The highest BCUT2D eigenvalue weighted by molar-refractivity contribution is 6.13. The van der Waals surface area contributed by atoms with E-state index in [0.717, 1.165) is 5.56 Å². The van der Waals surface area contributed by atoms with E-state index in [1.807, 2.05) is 24.3 Å². The fourth-order valence-corrected chi connectivity index (χ4v) is 2.71. The van der Waals surface area contributed by atoms with Crippen LogP contribution in [0.2, 0.25) is 0 Å². The molecule has 0 bridgehead atoms. The number of hydrogen-bond donors (Lipinski definition) is 0. The first-order valence-electron chi connectivity index (χ1n) is 8.23. The molecule has 0 fully saturated rings. The van der Waals surface area contributed by atoms with Crippen molar-refractivity contribution in [1.29, 1.82) is 0 Å². The molecule has 0 saturated heterocycles. The minimum absolute atomic E-state index is 0.0389. The largest absolute Gasteiger partial charge is 0.402 e. The zero-order chi connectivity index (χ0) is 18.8. The van der Waals surface area contributed by atoms with Crippen molar-refractivity contribution in [2.24, 2.45) is 4.99 Å². The third-order valence-corrected chi connectivity index (χ3v) is 4.26. The molecule has 3 rings (SSSR count). The highest BCUT2D eigenvalue weighted by atomic mass is 16.6. The maximum atomic E-state index is 12.1. The number of nitrogens with zero attached hydrogens (tertiary/aromatic N) is 2. The first-order chi connectivity index (χ1) is 12.4. The minimum atomic E-state index is -0.571.